The van der Waals surface area contributed by atoms with E-state index in [4.69, 9.17) is 0 Å². The van der Waals surface area contributed by atoms with E-state index in [1.54, 1.807) is 0 Å². The zero-order valence-corrected chi connectivity index (χ0v) is 13.2. The van der Waals surface area contributed by atoms with Crippen LogP contribution in [0.2, 0.25) is 0 Å². The minimum Gasteiger partial charge on any atom is -0.325 e. The maximum atomic E-state index is 12.0. The molecule has 1 aromatic carbocycles. The van der Waals surface area contributed by atoms with Gasteiger partial charge in [0.05, 0.1) is 6.54 Å². The van der Waals surface area contributed by atoms with Crippen LogP contribution < -0.4 is 10.6 Å². The summed E-state index contributed by atoms with van der Waals surface area (Å²) in [6.07, 6.45) is 1.12. The summed E-state index contributed by atoms with van der Waals surface area (Å²) < 4.78 is 0. The van der Waals surface area contributed by atoms with Crippen molar-refractivity contribution >= 4 is 24.0 Å². The van der Waals surface area contributed by atoms with Gasteiger partial charge in [0.2, 0.25) is 5.91 Å². The molecule has 1 aliphatic rings. The fourth-order valence-electron chi connectivity index (χ4n) is 2.56. The zero-order valence-electron chi connectivity index (χ0n) is 12.4. The first-order chi connectivity index (χ1) is 9.08. The number of likely N-dealkylation sites (tertiary alicyclic amines) is 1. The minimum atomic E-state index is 0. The van der Waals surface area contributed by atoms with E-state index in [1.165, 1.54) is 5.56 Å². The van der Waals surface area contributed by atoms with Crippen molar-refractivity contribution in [2.75, 3.05) is 32.0 Å². The average Bonchev–Trinajstić information content (AvgIpc) is 2.80. The fraction of sp³-hybridized carbons (Fsp3) is 0.533. The molecule has 20 heavy (non-hydrogen) atoms. The Morgan fingerprint density at radius 3 is 2.75 bits per heavy atom. The molecule has 1 aromatic rings. The van der Waals surface area contributed by atoms with Crippen LogP contribution in [0.15, 0.2) is 18.2 Å². The first-order valence-electron chi connectivity index (χ1n) is 6.85. The van der Waals surface area contributed by atoms with Gasteiger partial charge in [-0.2, -0.15) is 0 Å². The highest BCUT2D eigenvalue weighted by atomic mass is 35.5. The zero-order chi connectivity index (χ0) is 13.8. The molecule has 2 rings (SSSR count). The molecule has 0 radical (unpaired) electrons. The monoisotopic (exact) mass is 297 g/mol. The van der Waals surface area contributed by atoms with Crippen LogP contribution in [0.5, 0.6) is 0 Å². The predicted molar refractivity (Wildman–Crippen MR) is 85.7 cm³/mol. The van der Waals surface area contributed by atoms with Crippen molar-refractivity contribution in [3.05, 3.63) is 29.3 Å². The Balaban J connectivity index is 0.00000200. The summed E-state index contributed by atoms with van der Waals surface area (Å²) in [6.45, 7) is 6.50. The third-order valence-electron chi connectivity index (χ3n) is 3.70. The van der Waals surface area contributed by atoms with E-state index in [-0.39, 0.29) is 18.3 Å². The Kier molecular flexibility index (Phi) is 6.46. The quantitative estimate of drug-likeness (QED) is 0.893. The van der Waals surface area contributed by atoms with E-state index >= 15 is 0 Å². The summed E-state index contributed by atoms with van der Waals surface area (Å²) >= 11 is 0. The molecule has 0 aromatic heterocycles. The average molecular weight is 298 g/mol. The van der Waals surface area contributed by atoms with Gasteiger partial charge >= 0.3 is 0 Å². The number of halogens is 1. The lowest BCUT2D eigenvalue weighted by Crippen LogP contribution is -2.34. The van der Waals surface area contributed by atoms with Crippen LogP contribution in [0.4, 0.5) is 5.69 Å². The van der Waals surface area contributed by atoms with Crippen LogP contribution in [-0.2, 0) is 4.79 Å². The van der Waals surface area contributed by atoms with Crippen LogP contribution in [-0.4, -0.2) is 43.5 Å². The molecule has 0 aliphatic carbocycles. The number of nitrogens with zero attached hydrogens (tertiary/aromatic N) is 1. The highest BCUT2D eigenvalue weighted by Crippen LogP contribution is 2.16. The molecule has 1 saturated heterocycles. The summed E-state index contributed by atoms with van der Waals surface area (Å²) in [6, 6.07) is 6.61. The Labute approximate surface area is 127 Å². The molecule has 5 heteroatoms. The van der Waals surface area contributed by atoms with E-state index in [9.17, 15) is 4.79 Å². The van der Waals surface area contributed by atoms with Gasteiger partial charge in [-0.1, -0.05) is 17.7 Å². The second-order valence-corrected chi connectivity index (χ2v) is 5.38. The maximum Gasteiger partial charge on any atom is 0.238 e. The summed E-state index contributed by atoms with van der Waals surface area (Å²) in [4.78, 5) is 14.2. The molecule has 0 saturated carbocycles. The molecule has 1 aliphatic heterocycles. The molecule has 1 unspecified atom stereocenters. The summed E-state index contributed by atoms with van der Waals surface area (Å²) in [5.41, 5.74) is 3.25. The summed E-state index contributed by atoms with van der Waals surface area (Å²) in [5.74, 6) is 0.0729. The van der Waals surface area contributed by atoms with E-state index in [0.717, 1.165) is 30.8 Å². The third kappa shape index (κ3) is 4.47. The van der Waals surface area contributed by atoms with Crippen LogP contribution >= 0.6 is 12.4 Å². The van der Waals surface area contributed by atoms with Gasteiger partial charge in [-0.25, -0.2) is 0 Å². The first-order valence-corrected chi connectivity index (χ1v) is 6.85. The summed E-state index contributed by atoms with van der Waals surface area (Å²) in [5, 5.41) is 6.25. The molecule has 4 nitrogen and oxygen atoms in total. The first kappa shape index (κ1) is 17.0. The lowest BCUT2D eigenvalue weighted by Gasteiger charge is -2.16. The van der Waals surface area contributed by atoms with Crippen molar-refractivity contribution in [2.24, 2.45) is 0 Å². The number of hydrogen-bond acceptors (Lipinski definition) is 3. The second-order valence-electron chi connectivity index (χ2n) is 5.38. The standard InChI is InChI=1S/C15H23N3O.ClH/c1-11-4-5-14(12(2)8-11)17-15(19)10-18-7-6-13(9-18)16-3;/h4-5,8,13,16H,6-7,9-10H2,1-3H3,(H,17,19);1H. The summed E-state index contributed by atoms with van der Waals surface area (Å²) in [7, 11) is 1.98. The van der Waals surface area contributed by atoms with Crippen LogP contribution in [0.25, 0.3) is 0 Å². The van der Waals surface area contributed by atoms with E-state index in [2.05, 4.69) is 28.5 Å². The number of benzene rings is 1. The number of rotatable bonds is 4. The van der Waals surface area contributed by atoms with Gasteiger partial charge < -0.3 is 10.6 Å². The molecule has 1 heterocycles. The number of amides is 1. The van der Waals surface area contributed by atoms with Crippen LogP contribution in [0.3, 0.4) is 0 Å². The van der Waals surface area contributed by atoms with Crippen LogP contribution in [0.1, 0.15) is 17.5 Å². The Morgan fingerprint density at radius 1 is 1.40 bits per heavy atom. The normalized spacial score (nSPS) is 18.6. The molecular weight excluding hydrogens is 274 g/mol. The van der Waals surface area contributed by atoms with Crippen molar-refractivity contribution in [3.8, 4) is 0 Å². The largest absolute Gasteiger partial charge is 0.325 e. The Bertz CT molecular complexity index is 464. The number of anilines is 1. The second kappa shape index (κ2) is 7.62. The molecular formula is C15H24ClN3O. The Morgan fingerprint density at radius 2 is 2.15 bits per heavy atom. The van der Waals surface area contributed by atoms with Gasteiger partial charge in [-0.15, -0.1) is 12.4 Å². The number of likely N-dealkylation sites (N-methyl/N-ethyl adjacent to an activating group) is 1. The van der Waals surface area contributed by atoms with E-state index < -0.39 is 0 Å². The lowest BCUT2D eigenvalue weighted by atomic mass is 10.1. The Hall–Kier alpha value is -1.10. The van der Waals surface area contributed by atoms with Crippen molar-refractivity contribution in [3.63, 3.8) is 0 Å². The molecule has 1 amide bonds. The van der Waals surface area contributed by atoms with E-state index in [0.29, 0.717) is 12.6 Å². The number of hydrogen-bond donors (Lipinski definition) is 2. The van der Waals surface area contributed by atoms with Crippen molar-refractivity contribution in [1.82, 2.24) is 10.2 Å². The molecule has 1 fully saturated rings. The van der Waals surface area contributed by atoms with Gasteiger partial charge in [0.15, 0.2) is 0 Å². The number of carbonyl (C=O) groups is 1. The lowest BCUT2D eigenvalue weighted by molar-refractivity contribution is -0.117. The number of aryl methyl sites for hydroxylation is 2. The molecule has 112 valence electrons. The number of carbonyl (C=O) groups excluding carboxylic acids is 1. The van der Waals surface area contributed by atoms with Gasteiger partial charge in [0, 0.05) is 24.8 Å². The highest BCUT2D eigenvalue weighted by Gasteiger charge is 2.22. The molecule has 1 atom stereocenters. The SMILES string of the molecule is CNC1CCN(CC(=O)Nc2ccc(C)cc2C)C1.Cl. The predicted octanol–water partition coefficient (Wildman–Crippen LogP) is 1.96. The third-order valence-corrected chi connectivity index (χ3v) is 3.70. The smallest absolute Gasteiger partial charge is 0.238 e. The van der Waals surface area contributed by atoms with Crippen LogP contribution in [0, 0.1) is 13.8 Å². The van der Waals surface area contributed by atoms with Gasteiger partial charge in [-0.3, -0.25) is 9.69 Å². The van der Waals surface area contributed by atoms with Gasteiger partial charge in [0.25, 0.3) is 0 Å². The molecule has 0 bridgehead atoms. The van der Waals surface area contributed by atoms with Gasteiger partial charge in [-0.05, 0) is 38.9 Å². The van der Waals surface area contributed by atoms with Gasteiger partial charge in [0.1, 0.15) is 0 Å². The molecule has 2 N–H and O–H groups in total. The van der Waals surface area contributed by atoms with Crippen molar-refractivity contribution in [1.29, 1.82) is 0 Å². The molecule has 0 spiro atoms. The van der Waals surface area contributed by atoms with Crippen molar-refractivity contribution < 1.29 is 4.79 Å². The highest BCUT2D eigenvalue weighted by molar-refractivity contribution is 5.93. The van der Waals surface area contributed by atoms with Crippen molar-refractivity contribution in [2.45, 2.75) is 26.3 Å². The fourth-order valence-corrected chi connectivity index (χ4v) is 2.56. The number of nitrogens with one attached hydrogen (secondary N) is 2. The maximum absolute atomic E-state index is 12.0. The van der Waals surface area contributed by atoms with E-state index in [1.807, 2.05) is 26.1 Å². The topological polar surface area (TPSA) is 44.4 Å². The minimum absolute atomic E-state index is 0.